The van der Waals surface area contributed by atoms with Gasteiger partial charge in [0.25, 0.3) is 0 Å². The Balaban J connectivity index is 2.26. The first-order valence-corrected chi connectivity index (χ1v) is 6.58. The first-order chi connectivity index (χ1) is 8.72. The molecule has 0 saturated heterocycles. The van der Waals surface area contributed by atoms with Crippen LogP contribution >= 0.6 is 0 Å². The highest BCUT2D eigenvalue weighted by atomic mass is 14.5. The van der Waals surface area contributed by atoms with Gasteiger partial charge in [0.1, 0.15) is 0 Å². The van der Waals surface area contributed by atoms with Crippen molar-refractivity contribution in [2.75, 3.05) is 6.54 Å². The van der Waals surface area contributed by atoms with Gasteiger partial charge in [-0.1, -0.05) is 42.5 Å². The van der Waals surface area contributed by atoms with Crippen LogP contribution in [0.15, 0.2) is 42.5 Å². The standard InChI is InChI=1S/C17H21N/c1-13-5-3-7-17(14(13)2)16-10-8-15(9-11-16)6-4-12-18/h3,5,7-11H,4,6,12,18H2,1-2H3. The summed E-state index contributed by atoms with van der Waals surface area (Å²) in [5.41, 5.74) is 12.3. The summed E-state index contributed by atoms with van der Waals surface area (Å²) in [5.74, 6) is 0. The van der Waals surface area contributed by atoms with Crippen LogP contribution in [0.2, 0.25) is 0 Å². The summed E-state index contributed by atoms with van der Waals surface area (Å²) in [6.45, 7) is 5.11. The van der Waals surface area contributed by atoms with Gasteiger partial charge in [0, 0.05) is 0 Å². The second kappa shape index (κ2) is 5.83. The zero-order valence-electron chi connectivity index (χ0n) is 11.2. The molecule has 2 N–H and O–H groups in total. The van der Waals surface area contributed by atoms with Crippen molar-refractivity contribution < 1.29 is 0 Å². The maximum absolute atomic E-state index is 5.53. The highest BCUT2D eigenvalue weighted by Crippen LogP contribution is 2.25. The summed E-state index contributed by atoms with van der Waals surface area (Å²) < 4.78 is 0. The van der Waals surface area contributed by atoms with Crippen LogP contribution in [0.3, 0.4) is 0 Å². The fourth-order valence-corrected chi connectivity index (χ4v) is 2.22. The molecule has 0 aromatic heterocycles. The molecule has 0 aliphatic heterocycles. The van der Waals surface area contributed by atoms with E-state index in [1.807, 2.05) is 0 Å². The number of nitrogens with two attached hydrogens (primary N) is 1. The van der Waals surface area contributed by atoms with Gasteiger partial charge in [0.15, 0.2) is 0 Å². The summed E-state index contributed by atoms with van der Waals surface area (Å²) in [6, 6.07) is 15.3. The predicted molar refractivity (Wildman–Crippen MR) is 78.7 cm³/mol. The van der Waals surface area contributed by atoms with Crippen molar-refractivity contribution in [2.24, 2.45) is 5.73 Å². The molecule has 1 nitrogen and oxygen atoms in total. The van der Waals surface area contributed by atoms with E-state index in [4.69, 9.17) is 5.73 Å². The average Bonchev–Trinajstić information content (AvgIpc) is 2.40. The quantitative estimate of drug-likeness (QED) is 0.861. The first-order valence-electron chi connectivity index (χ1n) is 6.58. The van der Waals surface area contributed by atoms with Crippen molar-refractivity contribution >= 4 is 0 Å². The van der Waals surface area contributed by atoms with Gasteiger partial charge in [0.2, 0.25) is 0 Å². The third-order valence-corrected chi connectivity index (χ3v) is 3.54. The van der Waals surface area contributed by atoms with Crippen LogP contribution in [-0.2, 0) is 6.42 Å². The van der Waals surface area contributed by atoms with Crippen LogP contribution in [0, 0.1) is 13.8 Å². The molecule has 0 saturated carbocycles. The molecule has 2 aromatic rings. The van der Waals surface area contributed by atoms with E-state index in [2.05, 4.69) is 56.3 Å². The van der Waals surface area contributed by atoms with Gasteiger partial charge >= 0.3 is 0 Å². The normalized spacial score (nSPS) is 10.6. The summed E-state index contributed by atoms with van der Waals surface area (Å²) in [5, 5.41) is 0. The number of hydrogen-bond acceptors (Lipinski definition) is 1. The molecule has 0 aliphatic carbocycles. The highest BCUT2D eigenvalue weighted by Gasteiger charge is 2.03. The van der Waals surface area contributed by atoms with Gasteiger partial charge in [-0.25, -0.2) is 0 Å². The monoisotopic (exact) mass is 239 g/mol. The third kappa shape index (κ3) is 2.80. The average molecular weight is 239 g/mol. The maximum atomic E-state index is 5.53. The van der Waals surface area contributed by atoms with Gasteiger partial charge in [-0.2, -0.15) is 0 Å². The van der Waals surface area contributed by atoms with Crippen LogP contribution in [0.5, 0.6) is 0 Å². The second-order valence-electron chi connectivity index (χ2n) is 4.84. The molecular formula is C17H21N. The Hall–Kier alpha value is -1.60. The Morgan fingerprint density at radius 1 is 0.944 bits per heavy atom. The smallest absolute Gasteiger partial charge is 0.00741 e. The lowest BCUT2D eigenvalue weighted by molar-refractivity contribution is 0.833. The summed E-state index contributed by atoms with van der Waals surface area (Å²) in [7, 11) is 0. The Bertz CT molecular complexity index is 512. The van der Waals surface area contributed by atoms with E-state index >= 15 is 0 Å². The van der Waals surface area contributed by atoms with Crippen LogP contribution < -0.4 is 5.73 Å². The van der Waals surface area contributed by atoms with Gasteiger partial charge < -0.3 is 5.73 Å². The zero-order valence-corrected chi connectivity index (χ0v) is 11.2. The molecule has 0 bridgehead atoms. The fourth-order valence-electron chi connectivity index (χ4n) is 2.22. The van der Waals surface area contributed by atoms with Crippen molar-refractivity contribution in [1.82, 2.24) is 0 Å². The molecule has 2 aromatic carbocycles. The molecule has 0 amide bonds. The summed E-state index contributed by atoms with van der Waals surface area (Å²) in [6.07, 6.45) is 2.13. The van der Waals surface area contributed by atoms with Gasteiger partial charge in [-0.3, -0.25) is 0 Å². The molecule has 0 spiro atoms. The molecule has 2 rings (SSSR count). The Labute approximate surface area is 110 Å². The minimum Gasteiger partial charge on any atom is -0.330 e. The Kier molecular flexibility index (Phi) is 4.16. The molecule has 0 fully saturated rings. The Morgan fingerprint density at radius 3 is 2.33 bits per heavy atom. The lowest BCUT2D eigenvalue weighted by Gasteiger charge is -2.09. The van der Waals surface area contributed by atoms with Crippen molar-refractivity contribution in [3.63, 3.8) is 0 Å². The van der Waals surface area contributed by atoms with E-state index in [0.717, 1.165) is 19.4 Å². The third-order valence-electron chi connectivity index (χ3n) is 3.54. The number of rotatable bonds is 4. The SMILES string of the molecule is Cc1cccc(-c2ccc(CCCN)cc2)c1C. The van der Waals surface area contributed by atoms with E-state index in [9.17, 15) is 0 Å². The fraction of sp³-hybridized carbons (Fsp3) is 0.294. The highest BCUT2D eigenvalue weighted by molar-refractivity contribution is 5.68. The molecule has 0 radical (unpaired) electrons. The lowest BCUT2D eigenvalue weighted by Crippen LogP contribution is -2.00. The number of aryl methyl sites for hydroxylation is 2. The number of hydrogen-bond donors (Lipinski definition) is 1. The van der Waals surface area contributed by atoms with Gasteiger partial charge in [0.05, 0.1) is 0 Å². The maximum Gasteiger partial charge on any atom is -0.00741 e. The van der Waals surface area contributed by atoms with Crippen molar-refractivity contribution in [1.29, 1.82) is 0 Å². The van der Waals surface area contributed by atoms with Gasteiger partial charge in [-0.05, 0) is 61.1 Å². The van der Waals surface area contributed by atoms with E-state index in [0.29, 0.717) is 0 Å². The minimum absolute atomic E-state index is 0.763. The van der Waals surface area contributed by atoms with Crippen LogP contribution in [0.4, 0.5) is 0 Å². The molecule has 0 heterocycles. The molecule has 18 heavy (non-hydrogen) atoms. The van der Waals surface area contributed by atoms with Crippen LogP contribution in [-0.4, -0.2) is 6.54 Å². The second-order valence-corrected chi connectivity index (χ2v) is 4.84. The molecule has 0 unspecified atom stereocenters. The van der Waals surface area contributed by atoms with Crippen molar-refractivity contribution in [3.8, 4) is 11.1 Å². The molecular weight excluding hydrogens is 218 g/mol. The van der Waals surface area contributed by atoms with E-state index in [1.54, 1.807) is 0 Å². The van der Waals surface area contributed by atoms with Gasteiger partial charge in [-0.15, -0.1) is 0 Å². The summed E-state index contributed by atoms with van der Waals surface area (Å²) in [4.78, 5) is 0. The zero-order chi connectivity index (χ0) is 13.0. The lowest BCUT2D eigenvalue weighted by atomic mass is 9.96. The predicted octanol–water partition coefficient (Wildman–Crippen LogP) is 3.86. The largest absolute Gasteiger partial charge is 0.330 e. The Morgan fingerprint density at radius 2 is 1.67 bits per heavy atom. The van der Waals surface area contributed by atoms with Crippen molar-refractivity contribution in [3.05, 3.63) is 59.2 Å². The molecule has 0 aliphatic rings. The van der Waals surface area contributed by atoms with E-state index in [1.165, 1.54) is 27.8 Å². The van der Waals surface area contributed by atoms with Crippen LogP contribution in [0.1, 0.15) is 23.1 Å². The first kappa shape index (κ1) is 12.8. The van der Waals surface area contributed by atoms with Crippen molar-refractivity contribution in [2.45, 2.75) is 26.7 Å². The molecule has 1 heteroatoms. The van der Waals surface area contributed by atoms with E-state index in [-0.39, 0.29) is 0 Å². The number of benzene rings is 2. The molecule has 94 valence electrons. The summed E-state index contributed by atoms with van der Waals surface area (Å²) >= 11 is 0. The van der Waals surface area contributed by atoms with E-state index < -0.39 is 0 Å². The molecule has 0 atom stereocenters. The topological polar surface area (TPSA) is 26.0 Å². The van der Waals surface area contributed by atoms with Crippen LogP contribution in [0.25, 0.3) is 11.1 Å². The minimum atomic E-state index is 0.763.